The van der Waals surface area contributed by atoms with E-state index >= 15 is 0 Å². The van der Waals surface area contributed by atoms with Crippen LogP contribution >= 0.6 is 0 Å². The molecule has 0 saturated carbocycles. The fourth-order valence-electron chi connectivity index (χ4n) is 4.25. The first-order chi connectivity index (χ1) is 14.9. The van der Waals surface area contributed by atoms with Crippen LogP contribution in [0.1, 0.15) is 33.8 Å². The summed E-state index contributed by atoms with van der Waals surface area (Å²) in [7, 11) is 0. The van der Waals surface area contributed by atoms with Crippen LogP contribution in [0.15, 0.2) is 53.3 Å². The Balaban J connectivity index is 1.49. The third-order valence-corrected chi connectivity index (χ3v) is 5.65. The molecule has 1 aromatic heterocycles. The van der Waals surface area contributed by atoms with Gasteiger partial charge in [-0.2, -0.15) is 0 Å². The van der Waals surface area contributed by atoms with E-state index in [2.05, 4.69) is 28.4 Å². The molecule has 2 aromatic carbocycles. The van der Waals surface area contributed by atoms with Gasteiger partial charge in [-0.1, -0.05) is 36.4 Å². The minimum Gasteiger partial charge on any atom is -0.325 e. The highest BCUT2D eigenvalue weighted by Crippen LogP contribution is 2.18. The maximum Gasteiger partial charge on any atom is 0.257 e. The molecule has 1 aliphatic heterocycles. The molecule has 0 spiro atoms. The SMILES string of the molecule is Cc1cc(C)cc(NC(=O)Cn2c(C)nc3c(c2=O)CCN(Cc2ccccc2)C3)c1. The molecule has 4 rings (SSSR count). The van der Waals surface area contributed by atoms with E-state index in [9.17, 15) is 9.59 Å². The van der Waals surface area contributed by atoms with Gasteiger partial charge >= 0.3 is 0 Å². The number of aryl methyl sites for hydroxylation is 3. The standard InChI is InChI=1S/C25H28N4O2/c1-17-11-18(2)13-21(12-17)27-24(30)16-29-19(3)26-23-15-28(10-9-22(23)25(29)31)14-20-7-5-4-6-8-20/h4-8,11-13H,9-10,14-16H2,1-3H3,(H,27,30). The van der Waals surface area contributed by atoms with Gasteiger partial charge in [0.1, 0.15) is 12.4 Å². The van der Waals surface area contributed by atoms with E-state index in [-0.39, 0.29) is 18.0 Å². The number of nitrogens with one attached hydrogen (secondary N) is 1. The first kappa shape index (κ1) is 21.0. The Morgan fingerprint density at radius 3 is 2.48 bits per heavy atom. The van der Waals surface area contributed by atoms with Crippen LogP contribution in [-0.4, -0.2) is 26.9 Å². The zero-order chi connectivity index (χ0) is 22.0. The lowest BCUT2D eigenvalue weighted by atomic mass is 10.1. The minimum absolute atomic E-state index is 0.0360. The predicted octanol–water partition coefficient (Wildman–Crippen LogP) is 3.37. The van der Waals surface area contributed by atoms with Crippen molar-refractivity contribution in [3.8, 4) is 0 Å². The van der Waals surface area contributed by atoms with Gasteiger partial charge in [0.2, 0.25) is 5.91 Å². The molecule has 6 nitrogen and oxygen atoms in total. The van der Waals surface area contributed by atoms with Crippen LogP contribution in [0.3, 0.4) is 0 Å². The van der Waals surface area contributed by atoms with E-state index in [1.807, 2.05) is 44.2 Å². The second kappa shape index (κ2) is 8.86. The summed E-state index contributed by atoms with van der Waals surface area (Å²) in [4.78, 5) is 32.7. The molecule has 3 aromatic rings. The Morgan fingerprint density at radius 1 is 1.06 bits per heavy atom. The highest BCUT2D eigenvalue weighted by Gasteiger charge is 2.23. The lowest BCUT2D eigenvalue weighted by Gasteiger charge is -2.28. The number of amides is 1. The van der Waals surface area contributed by atoms with Crippen LogP contribution in [0.25, 0.3) is 0 Å². The van der Waals surface area contributed by atoms with Crippen molar-refractivity contribution in [1.29, 1.82) is 0 Å². The summed E-state index contributed by atoms with van der Waals surface area (Å²) in [6.07, 6.45) is 0.646. The van der Waals surface area contributed by atoms with Crippen molar-refractivity contribution in [3.63, 3.8) is 0 Å². The van der Waals surface area contributed by atoms with Gasteiger partial charge in [-0.3, -0.25) is 19.1 Å². The van der Waals surface area contributed by atoms with E-state index in [1.165, 1.54) is 10.1 Å². The Bertz CT molecular complexity index is 1150. The topological polar surface area (TPSA) is 67.2 Å². The Labute approximate surface area is 182 Å². The van der Waals surface area contributed by atoms with Crippen molar-refractivity contribution in [2.24, 2.45) is 0 Å². The van der Waals surface area contributed by atoms with Crippen molar-refractivity contribution in [2.75, 3.05) is 11.9 Å². The highest BCUT2D eigenvalue weighted by molar-refractivity contribution is 5.90. The number of carbonyl (C=O) groups excluding carboxylic acids is 1. The van der Waals surface area contributed by atoms with Crippen LogP contribution in [0.2, 0.25) is 0 Å². The highest BCUT2D eigenvalue weighted by atomic mass is 16.2. The molecular weight excluding hydrogens is 388 g/mol. The number of aromatic nitrogens is 2. The number of fused-ring (bicyclic) bond motifs is 1. The lowest BCUT2D eigenvalue weighted by molar-refractivity contribution is -0.116. The smallest absolute Gasteiger partial charge is 0.257 e. The molecule has 2 heterocycles. The Morgan fingerprint density at radius 2 is 1.77 bits per heavy atom. The van der Waals surface area contributed by atoms with Crippen molar-refractivity contribution in [3.05, 3.63) is 92.7 Å². The monoisotopic (exact) mass is 416 g/mol. The molecule has 0 atom stereocenters. The second-order valence-electron chi connectivity index (χ2n) is 8.35. The summed E-state index contributed by atoms with van der Waals surface area (Å²) in [5.41, 5.74) is 5.62. The molecule has 0 fully saturated rings. The zero-order valence-electron chi connectivity index (χ0n) is 18.3. The van der Waals surface area contributed by atoms with Gasteiger partial charge in [0, 0.05) is 30.9 Å². The van der Waals surface area contributed by atoms with Gasteiger partial charge in [-0.05, 0) is 56.0 Å². The summed E-state index contributed by atoms with van der Waals surface area (Å²) < 4.78 is 1.49. The third-order valence-electron chi connectivity index (χ3n) is 5.65. The number of nitrogens with zero attached hydrogens (tertiary/aromatic N) is 3. The molecular formula is C25H28N4O2. The third kappa shape index (κ3) is 4.91. The summed E-state index contributed by atoms with van der Waals surface area (Å²) in [5, 5.41) is 2.91. The van der Waals surface area contributed by atoms with Crippen LogP contribution < -0.4 is 10.9 Å². The zero-order valence-corrected chi connectivity index (χ0v) is 18.3. The van der Waals surface area contributed by atoms with E-state index in [0.717, 1.165) is 41.2 Å². The Hall–Kier alpha value is -3.25. The average molecular weight is 417 g/mol. The normalized spacial score (nSPS) is 13.6. The van der Waals surface area contributed by atoms with Crippen molar-refractivity contribution < 1.29 is 4.79 Å². The Kier molecular flexibility index (Phi) is 6.00. The molecule has 1 aliphatic rings. The molecule has 0 aliphatic carbocycles. The van der Waals surface area contributed by atoms with Gasteiger partial charge < -0.3 is 5.32 Å². The van der Waals surface area contributed by atoms with E-state index < -0.39 is 0 Å². The van der Waals surface area contributed by atoms with Crippen molar-refractivity contribution in [2.45, 2.75) is 46.8 Å². The molecule has 0 saturated heterocycles. The number of carbonyl (C=O) groups is 1. The van der Waals surface area contributed by atoms with Gasteiger partial charge in [-0.15, -0.1) is 0 Å². The van der Waals surface area contributed by atoms with Gasteiger partial charge in [0.15, 0.2) is 0 Å². The summed E-state index contributed by atoms with van der Waals surface area (Å²) in [6.45, 7) is 8.03. The molecule has 0 unspecified atom stereocenters. The number of rotatable bonds is 5. The first-order valence-electron chi connectivity index (χ1n) is 10.6. The second-order valence-corrected chi connectivity index (χ2v) is 8.35. The minimum atomic E-state index is -0.224. The summed E-state index contributed by atoms with van der Waals surface area (Å²) in [5.74, 6) is 0.347. The quantitative estimate of drug-likeness (QED) is 0.693. The number of hydrogen-bond acceptors (Lipinski definition) is 4. The van der Waals surface area contributed by atoms with Gasteiger partial charge in [-0.25, -0.2) is 4.98 Å². The van der Waals surface area contributed by atoms with E-state index in [0.29, 0.717) is 18.8 Å². The molecule has 31 heavy (non-hydrogen) atoms. The molecule has 1 N–H and O–H groups in total. The molecule has 1 amide bonds. The maximum atomic E-state index is 13.1. The van der Waals surface area contributed by atoms with E-state index in [4.69, 9.17) is 4.98 Å². The van der Waals surface area contributed by atoms with Crippen LogP contribution in [0.4, 0.5) is 5.69 Å². The maximum absolute atomic E-state index is 13.1. The lowest BCUT2D eigenvalue weighted by Crippen LogP contribution is -2.39. The van der Waals surface area contributed by atoms with Crippen molar-refractivity contribution in [1.82, 2.24) is 14.5 Å². The van der Waals surface area contributed by atoms with E-state index in [1.54, 1.807) is 6.92 Å². The molecule has 0 bridgehead atoms. The molecule has 6 heteroatoms. The fraction of sp³-hybridized carbons (Fsp3) is 0.320. The first-order valence-corrected chi connectivity index (χ1v) is 10.6. The van der Waals surface area contributed by atoms with Crippen molar-refractivity contribution >= 4 is 11.6 Å². The van der Waals surface area contributed by atoms with Gasteiger partial charge in [0.25, 0.3) is 5.56 Å². The van der Waals surface area contributed by atoms with Gasteiger partial charge in [0.05, 0.1) is 5.69 Å². The fourth-order valence-corrected chi connectivity index (χ4v) is 4.25. The largest absolute Gasteiger partial charge is 0.325 e. The summed E-state index contributed by atoms with van der Waals surface area (Å²) >= 11 is 0. The van der Waals surface area contributed by atoms with Crippen LogP contribution in [-0.2, 0) is 30.8 Å². The average Bonchev–Trinajstić information content (AvgIpc) is 2.71. The number of hydrogen-bond donors (Lipinski definition) is 1. The molecule has 0 radical (unpaired) electrons. The molecule has 160 valence electrons. The van der Waals surface area contributed by atoms with Crippen LogP contribution in [0.5, 0.6) is 0 Å². The predicted molar refractivity (Wildman–Crippen MR) is 122 cm³/mol. The summed E-state index contributed by atoms with van der Waals surface area (Å²) in [6, 6.07) is 16.2. The number of anilines is 1. The number of benzene rings is 2. The van der Waals surface area contributed by atoms with Crippen LogP contribution in [0, 0.1) is 20.8 Å².